The van der Waals surface area contributed by atoms with Crippen molar-refractivity contribution in [2.75, 3.05) is 7.11 Å². The highest BCUT2D eigenvalue weighted by Gasteiger charge is 2.43. The molecular formula is C19H18BF4N3O2. The molecule has 0 N–H and O–H groups in total. The maximum atomic E-state index is 9.75. The molecule has 2 atom stereocenters. The van der Waals surface area contributed by atoms with Crippen molar-refractivity contribution in [2.24, 2.45) is 0 Å². The summed E-state index contributed by atoms with van der Waals surface area (Å²) in [4.78, 5) is 0. The minimum atomic E-state index is -6.00. The molecule has 1 aromatic heterocycles. The zero-order valence-corrected chi connectivity index (χ0v) is 15.5. The fraction of sp³-hybridized carbons (Fsp3) is 0.263. The lowest BCUT2D eigenvalue weighted by Crippen LogP contribution is -2.51. The third-order valence-corrected chi connectivity index (χ3v) is 4.97. The monoisotopic (exact) mass is 407 g/mol. The van der Waals surface area contributed by atoms with Crippen LogP contribution < -0.4 is 9.30 Å². The molecular weight excluding hydrogens is 389 g/mol. The lowest BCUT2D eigenvalue weighted by molar-refractivity contribution is -0.739. The summed E-state index contributed by atoms with van der Waals surface area (Å²) in [6, 6.07) is 16.7. The van der Waals surface area contributed by atoms with Gasteiger partial charge in [-0.1, -0.05) is 28.9 Å². The van der Waals surface area contributed by atoms with E-state index in [-0.39, 0.29) is 12.1 Å². The number of hydrogen-bond donors (Lipinski definition) is 0. The second-order valence-corrected chi connectivity index (χ2v) is 6.77. The van der Waals surface area contributed by atoms with Crippen molar-refractivity contribution < 1.29 is 31.3 Å². The molecule has 5 rings (SSSR count). The van der Waals surface area contributed by atoms with Crippen molar-refractivity contribution >= 4 is 7.25 Å². The van der Waals surface area contributed by atoms with E-state index in [4.69, 9.17) is 14.6 Å². The Morgan fingerprint density at radius 2 is 1.79 bits per heavy atom. The lowest BCUT2D eigenvalue weighted by Gasteiger charge is -2.23. The summed E-state index contributed by atoms with van der Waals surface area (Å²) in [6.07, 6.45) is 3.26. The van der Waals surface area contributed by atoms with Gasteiger partial charge in [0, 0.05) is 11.5 Å². The number of ether oxygens (including phenoxy) is 2. The molecule has 0 saturated carbocycles. The smallest absolute Gasteiger partial charge is 0.497 e. The molecule has 29 heavy (non-hydrogen) atoms. The molecule has 2 aliphatic rings. The minimum absolute atomic E-state index is 0.202. The number of hydrogen-bond acceptors (Lipinski definition) is 3. The Hall–Kier alpha value is -2.88. The van der Waals surface area contributed by atoms with E-state index in [0.29, 0.717) is 6.61 Å². The third-order valence-electron chi connectivity index (χ3n) is 4.97. The topological polar surface area (TPSA) is 40.2 Å². The van der Waals surface area contributed by atoms with E-state index in [1.54, 1.807) is 7.11 Å². The molecule has 3 aromatic rings. The first-order valence-electron chi connectivity index (χ1n) is 9.04. The predicted octanol–water partition coefficient (Wildman–Crippen LogP) is 3.51. The molecule has 2 aromatic carbocycles. The van der Waals surface area contributed by atoms with Crippen LogP contribution in [0.15, 0.2) is 54.9 Å². The van der Waals surface area contributed by atoms with Gasteiger partial charge < -0.3 is 26.7 Å². The average Bonchev–Trinajstić information content (AvgIpc) is 3.27. The largest absolute Gasteiger partial charge is 0.673 e. The van der Waals surface area contributed by atoms with E-state index in [1.165, 1.54) is 11.1 Å². The quantitative estimate of drug-likeness (QED) is 0.371. The molecule has 10 heteroatoms. The zero-order valence-electron chi connectivity index (χ0n) is 15.5. The molecule has 0 fully saturated rings. The first-order chi connectivity index (χ1) is 13.8. The van der Waals surface area contributed by atoms with Crippen LogP contribution in [-0.4, -0.2) is 30.2 Å². The molecule has 5 nitrogen and oxygen atoms in total. The van der Waals surface area contributed by atoms with Gasteiger partial charge in [0.25, 0.3) is 0 Å². The SMILES string of the molecule is COc1ccc(-n2c[n+]3c(n2)CO[C@H]2Cc4ccccc4[C@H]23)cc1.F[B-](F)(F)F. The minimum Gasteiger partial charge on any atom is -0.497 e. The molecule has 0 amide bonds. The van der Waals surface area contributed by atoms with E-state index >= 15 is 0 Å². The maximum Gasteiger partial charge on any atom is 0.673 e. The second-order valence-electron chi connectivity index (χ2n) is 6.77. The summed E-state index contributed by atoms with van der Waals surface area (Å²) < 4.78 is 54.5. The first-order valence-corrected chi connectivity index (χ1v) is 9.04. The summed E-state index contributed by atoms with van der Waals surface area (Å²) in [5.74, 6) is 1.81. The Bertz CT molecular complexity index is 1000. The van der Waals surface area contributed by atoms with Crippen LogP contribution in [0.5, 0.6) is 5.75 Å². The van der Waals surface area contributed by atoms with Crippen molar-refractivity contribution in [1.29, 1.82) is 0 Å². The van der Waals surface area contributed by atoms with Crippen LogP contribution in [0.2, 0.25) is 0 Å². The Kier molecular flexibility index (Phi) is 5.04. The summed E-state index contributed by atoms with van der Waals surface area (Å²) in [6.45, 7) is 0.554. The summed E-state index contributed by atoms with van der Waals surface area (Å²) in [5, 5.41) is 4.72. The fourth-order valence-corrected chi connectivity index (χ4v) is 3.78. The number of nitrogens with zero attached hydrogens (tertiary/aromatic N) is 3. The first kappa shape index (κ1) is 19.4. The van der Waals surface area contributed by atoms with E-state index in [0.717, 1.165) is 23.7 Å². The third kappa shape index (κ3) is 4.12. The molecule has 0 radical (unpaired) electrons. The van der Waals surface area contributed by atoms with Gasteiger partial charge in [-0.3, -0.25) is 0 Å². The van der Waals surface area contributed by atoms with Gasteiger partial charge in [-0.15, -0.1) is 0 Å². The molecule has 0 saturated heterocycles. The predicted molar refractivity (Wildman–Crippen MR) is 97.4 cm³/mol. The van der Waals surface area contributed by atoms with Gasteiger partial charge in [0.2, 0.25) is 6.33 Å². The Morgan fingerprint density at radius 3 is 2.48 bits per heavy atom. The maximum absolute atomic E-state index is 9.75. The second kappa shape index (κ2) is 7.51. The van der Waals surface area contributed by atoms with E-state index in [9.17, 15) is 17.3 Å². The van der Waals surface area contributed by atoms with Crippen LogP contribution in [0.4, 0.5) is 17.3 Å². The van der Waals surface area contributed by atoms with Gasteiger partial charge in [0.05, 0.1) is 7.11 Å². The van der Waals surface area contributed by atoms with Crippen LogP contribution >= 0.6 is 0 Å². The standard InChI is InChI=1S/C19H18N3O2.BF4/c1-23-15-8-6-14(7-9-15)22-12-21-18(20-22)11-24-17-10-13-4-2-3-5-16(13)19(17)21;2-1(3,4)5/h2-9,12,17,19H,10-11H2,1H3;/q+1;-1/t17-,19+;/m0./s1. The van der Waals surface area contributed by atoms with Gasteiger partial charge in [-0.25, -0.2) is 4.57 Å². The summed E-state index contributed by atoms with van der Waals surface area (Å²) in [5.41, 5.74) is 3.74. The lowest BCUT2D eigenvalue weighted by atomic mass is 10.1. The molecule has 152 valence electrons. The summed E-state index contributed by atoms with van der Waals surface area (Å²) in [7, 11) is -4.33. The Morgan fingerprint density at radius 1 is 1.10 bits per heavy atom. The highest BCUT2D eigenvalue weighted by atomic mass is 19.5. The Labute approximate surface area is 164 Å². The van der Waals surface area contributed by atoms with Crippen LogP contribution in [0.1, 0.15) is 23.0 Å². The van der Waals surface area contributed by atoms with Crippen LogP contribution in [0.25, 0.3) is 5.69 Å². The number of benzene rings is 2. The number of aromatic nitrogens is 3. The highest BCUT2D eigenvalue weighted by Crippen LogP contribution is 2.35. The van der Waals surface area contributed by atoms with Gasteiger partial charge in [-0.05, 0) is 35.4 Å². The van der Waals surface area contributed by atoms with Gasteiger partial charge in [-0.2, -0.15) is 0 Å². The van der Waals surface area contributed by atoms with Crippen LogP contribution in [0.3, 0.4) is 0 Å². The highest BCUT2D eigenvalue weighted by molar-refractivity contribution is 6.50. The van der Waals surface area contributed by atoms with Crippen LogP contribution in [0, 0.1) is 0 Å². The fourth-order valence-electron chi connectivity index (χ4n) is 3.78. The van der Waals surface area contributed by atoms with Gasteiger partial charge >= 0.3 is 13.1 Å². The van der Waals surface area contributed by atoms with Gasteiger partial charge in [0.15, 0.2) is 0 Å². The Balaban J connectivity index is 0.000000369. The van der Waals surface area contributed by atoms with E-state index in [2.05, 4.69) is 35.2 Å². The van der Waals surface area contributed by atoms with Crippen molar-refractivity contribution in [2.45, 2.75) is 25.2 Å². The number of rotatable bonds is 2. The average molecular weight is 407 g/mol. The van der Waals surface area contributed by atoms with Crippen molar-refractivity contribution in [1.82, 2.24) is 9.78 Å². The molecule has 0 spiro atoms. The zero-order chi connectivity index (χ0) is 20.6. The van der Waals surface area contributed by atoms with Crippen molar-refractivity contribution in [3.8, 4) is 11.4 Å². The number of fused-ring (bicyclic) bond motifs is 5. The molecule has 1 aliphatic heterocycles. The number of methoxy groups -OCH3 is 1. The van der Waals surface area contributed by atoms with Crippen molar-refractivity contribution in [3.63, 3.8) is 0 Å². The molecule has 0 unspecified atom stereocenters. The van der Waals surface area contributed by atoms with Crippen molar-refractivity contribution in [3.05, 3.63) is 71.8 Å². The van der Waals surface area contributed by atoms with Gasteiger partial charge in [0.1, 0.15) is 30.2 Å². The molecule has 0 bridgehead atoms. The van der Waals surface area contributed by atoms with E-state index in [1.807, 2.05) is 28.9 Å². The molecule has 2 heterocycles. The van der Waals surface area contributed by atoms with Crippen LogP contribution in [-0.2, 0) is 17.8 Å². The normalized spacial score (nSPS) is 19.5. The molecule has 1 aliphatic carbocycles. The number of halogens is 4. The van der Waals surface area contributed by atoms with E-state index < -0.39 is 7.25 Å². The summed E-state index contributed by atoms with van der Waals surface area (Å²) >= 11 is 0.